The number of phenols is 1. The average Bonchev–Trinajstić information content (AvgIpc) is 3.41. The Morgan fingerprint density at radius 1 is 1.26 bits per heavy atom. The van der Waals surface area contributed by atoms with E-state index >= 15 is 0 Å². The summed E-state index contributed by atoms with van der Waals surface area (Å²) >= 11 is 0. The van der Waals surface area contributed by atoms with Gasteiger partial charge >= 0.3 is 0 Å². The highest BCUT2D eigenvalue weighted by Crippen LogP contribution is 2.37. The van der Waals surface area contributed by atoms with Crippen molar-refractivity contribution in [2.24, 2.45) is 7.05 Å². The lowest BCUT2D eigenvalue weighted by Gasteiger charge is -2.19. The van der Waals surface area contributed by atoms with Crippen molar-refractivity contribution in [3.8, 4) is 23.0 Å². The molecular formula is C22H25N7O2. The first-order valence-corrected chi connectivity index (χ1v) is 10.3. The summed E-state index contributed by atoms with van der Waals surface area (Å²) in [5.41, 5.74) is 3.52. The van der Waals surface area contributed by atoms with Crippen LogP contribution in [0.25, 0.3) is 33.3 Å². The van der Waals surface area contributed by atoms with Crippen LogP contribution in [0.2, 0.25) is 0 Å². The predicted molar refractivity (Wildman–Crippen MR) is 120 cm³/mol. The number of phenolic OH excluding ortho intramolecular Hbond substituents is 1. The second-order valence-corrected chi connectivity index (χ2v) is 7.98. The Balaban J connectivity index is 1.62. The number of aromatic nitrogens is 5. The molecule has 1 unspecified atom stereocenters. The molecule has 0 radical (unpaired) electrons. The minimum Gasteiger partial charge on any atom is -0.507 e. The molecule has 2 N–H and O–H groups in total. The van der Waals surface area contributed by atoms with Crippen LogP contribution in [0.4, 0.5) is 5.69 Å². The van der Waals surface area contributed by atoms with Gasteiger partial charge in [-0.2, -0.15) is 10.1 Å². The Morgan fingerprint density at radius 2 is 2.10 bits per heavy atom. The Morgan fingerprint density at radius 3 is 2.84 bits per heavy atom. The van der Waals surface area contributed by atoms with E-state index in [0.29, 0.717) is 34.5 Å². The summed E-state index contributed by atoms with van der Waals surface area (Å²) in [6.07, 6.45) is 4.84. The van der Waals surface area contributed by atoms with Gasteiger partial charge in [0.15, 0.2) is 11.5 Å². The van der Waals surface area contributed by atoms with E-state index in [1.54, 1.807) is 11.8 Å². The van der Waals surface area contributed by atoms with Gasteiger partial charge in [-0.3, -0.25) is 4.68 Å². The van der Waals surface area contributed by atoms with Gasteiger partial charge in [-0.15, -0.1) is 0 Å². The standard InChI is InChI=1S/C22H25N7O2/c1-12-18-13(10-28(3)27-18)7-16(19(12)30)21-25-20-17(22(26-21)31-4)8-15(9-24-20)29-6-5-14(11-29)23-2/h7-10,14,23,30H,5-6,11H2,1-4H3. The third-order valence-corrected chi connectivity index (χ3v) is 6.02. The number of ether oxygens (including phenoxy) is 1. The summed E-state index contributed by atoms with van der Waals surface area (Å²) in [6.45, 7) is 3.74. The summed E-state index contributed by atoms with van der Waals surface area (Å²) in [5, 5.41) is 20.2. The lowest BCUT2D eigenvalue weighted by molar-refractivity contribution is 0.403. The normalized spacial score (nSPS) is 16.5. The number of benzene rings is 1. The number of methoxy groups -OCH3 is 1. The third-order valence-electron chi connectivity index (χ3n) is 6.02. The number of aromatic hydroxyl groups is 1. The molecule has 4 heterocycles. The number of nitrogens with zero attached hydrogens (tertiary/aromatic N) is 6. The van der Waals surface area contributed by atoms with Gasteiger partial charge in [0, 0.05) is 43.3 Å². The molecule has 4 aromatic rings. The molecule has 0 aliphatic carbocycles. The van der Waals surface area contributed by atoms with Crippen molar-refractivity contribution in [3.05, 3.63) is 30.1 Å². The van der Waals surface area contributed by atoms with Gasteiger partial charge in [0.05, 0.1) is 35.5 Å². The molecule has 1 aliphatic heterocycles. The molecule has 1 saturated heterocycles. The fraction of sp³-hybridized carbons (Fsp3) is 0.364. The zero-order valence-corrected chi connectivity index (χ0v) is 18.0. The van der Waals surface area contributed by atoms with Crippen LogP contribution in [0, 0.1) is 6.92 Å². The van der Waals surface area contributed by atoms with Crippen molar-refractivity contribution < 1.29 is 9.84 Å². The first-order chi connectivity index (χ1) is 15.0. The van der Waals surface area contributed by atoms with Crippen LogP contribution < -0.4 is 15.0 Å². The molecule has 9 nitrogen and oxygen atoms in total. The van der Waals surface area contributed by atoms with E-state index in [2.05, 4.69) is 30.3 Å². The van der Waals surface area contributed by atoms with E-state index in [1.165, 1.54) is 0 Å². The van der Waals surface area contributed by atoms with Gasteiger partial charge in [0.25, 0.3) is 0 Å². The zero-order chi connectivity index (χ0) is 21.7. The number of aryl methyl sites for hydroxylation is 2. The Kier molecular flexibility index (Phi) is 4.62. The smallest absolute Gasteiger partial charge is 0.226 e. The molecule has 31 heavy (non-hydrogen) atoms. The van der Waals surface area contributed by atoms with Gasteiger partial charge in [0.1, 0.15) is 5.75 Å². The molecule has 1 atom stereocenters. The van der Waals surface area contributed by atoms with Crippen molar-refractivity contribution in [2.45, 2.75) is 19.4 Å². The number of fused-ring (bicyclic) bond motifs is 2. The Hall–Kier alpha value is -3.46. The molecule has 0 amide bonds. The molecule has 0 spiro atoms. The lowest BCUT2D eigenvalue weighted by atomic mass is 10.1. The molecule has 160 valence electrons. The van der Waals surface area contributed by atoms with Crippen LogP contribution in [-0.4, -0.2) is 63.1 Å². The van der Waals surface area contributed by atoms with E-state index in [9.17, 15) is 5.11 Å². The molecule has 0 bridgehead atoms. The second-order valence-electron chi connectivity index (χ2n) is 7.98. The van der Waals surface area contributed by atoms with E-state index in [0.717, 1.165) is 41.5 Å². The largest absolute Gasteiger partial charge is 0.507 e. The van der Waals surface area contributed by atoms with Crippen LogP contribution in [0.1, 0.15) is 12.0 Å². The highest BCUT2D eigenvalue weighted by Gasteiger charge is 2.23. The molecule has 0 saturated carbocycles. The van der Waals surface area contributed by atoms with E-state index in [4.69, 9.17) is 4.74 Å². The van der Waals surface area contributed by atoms with Gasteiger partial charge in [-0.25, -0.2) is 9.97 Å². The maximum atomic E-state index is 10.8. The van der Waals surface area contributed by atoms with Gasteiger partial charge in [0.2, 0.25) is 5.88 Å². The highest BCUT2D eigenvalue weighted by molar-refractivity contribution is 5.91. The molecular weight excluding hydrogens is 394 g/mol. The summed E-state index contributed by atoms with van der Waals surface area (Å²) in [7, 11) is 5.43. The minimum atomic E-state index is 0.111. The van der Waals surface area contributed by atoms with Crippen molar-refractivity contribution in [2.75, 3.05) is 32.1 Å². The van der Waals surface area contributed by atoms with Crippen LogP contribution in [0.3, 0.4) is 0 Å². The average molecular weight is 419 g/mol. The van der Waals surface area contributed by atoms with Crippen LogP contribution >= 0.6 is 0 Å². The molecule has 9 heteroatoms. The molecule has 5 rings (SSSR count). The van der Waals surface area contributed by atoms with E-state index in [-0.39, 0.29) is 5.75 Å². The number of nitrogens with one attached hydrogen (secondary N) is 1. The minimum absolute atomic E-state index is 0.111. The maximum Gasteiger partial charge on any atom is 0.226 e. The van der Waals surface area contributed by atoms with Crippen LogP contribution in [0.5, 0.6) is 11.6 Å². The molecule has 1 fully saturated rings. The first kappa shape index (κ1) is 19.5. The van der Waals surface area contributed by atoms with Crippen LogP contribution in [-0.2, 0) is 7.05 Å². The quantitative estimate of drug-likeness (QED) is 0.520. The topological polar surface area (TPSA) is 101 Å². The highest BCUT2D eigenvalue weighted by atomic mass is 16.5. The number of anilines is 1. The van der Waals surface area contributed by atoms with Crippen molar-refractivity contribution in [1.82, 2.24) is 30.0 Å². The summed E-state index contributed by atoms with van der Waals surface area (Å²) in [6, 6.07) is 4.35. The number of pyridine rings is 1. The number of likely N-dealkylation sites (N-methyl/N-ethyl adjacent to an activating group) is 1. The van der Waals surface area contributed by atoms with Gasteiger partial charge in [-0.05, 0) is 32.5 Å². The second kappa shape index (κ2) is 7.35. The maximum absolute atomic E-state index is 10.8. The Bertz CT molecular complexity index is 1300. The number of rotatable bonds is 4. The van der Waals surface area contributed by atoms with Crippen molar-refractivity contribution in [1.29, 1.82) is 0 Å². The third kappa shape index (κ3) is 3.21. The van der Waals surface area contributed by atoms with Crippen molar-refractivity contribution in [3.63, 3.8) is 0 Å². The fourth-order valence-electron chi connectivity index (χ4n) is 4.27. The summed E-state index contributed by atoms with van der Waals surface area (Å²) < 4.78 is 7.32. The monoisotopic (exact) mass is 419 g/mol. The summed E-state index contributed by atoms with van der Waals surface area (Å²) in [4.78, 5) is 16.2. The number of hydrogen-bond donors (Lipinski definition) is 2. The predicted octanol–water partition coefficient (Wildman–Crippen LogP) is 2.40. The summed E-state index contributed by atoms with van der Waals surface area (Å²) in [5.74, 6) is 0.911. The number of hydrogen-bond acceptors (Lipinski definition) is 8. The van der Waals surface area contributed by atoms with Gasteiger partial charge < -0.3 is 20.1 Å². The first-order valence-electron chi connectivity index (χ1n) is 10.3. The van der Waals surface area contributed by atoms with Crippen LogP contribution in [0.15, 0.2) is 24.5 Å². The van der Waals surface area contributed by atoms with Crippen molar-refractivity contribution >= 4 is 27.6 Å². The van der Waals surface area contributed by atoms with E-state index in [1.807, 2.05) is 45.5 Å². The zero-order valence-electron chi connectivity index (χ0n) is 18.0. The fourth-order valence-corrected chi connectivity index (χ4v) is 4.27. The van der Waals surface area contributed by atoms with E-state index < -0.39 is 0 Å². The molecule has 1 aliphatic rings. The molecule has 1 aromatic carbocycles. The molecule has 3 aromatic heterocycles. The lowest BCUT2D eigenvalue weighted by Crippen LogP contribution is -2.29. The SMILES string of the molecule is CNC1CCN(c2cnc3nc(-c4cc5cn(C)nc5c(C)c4O)nc(OC)c3c2)C1. The van der Waals surface area contributed by atoms with Gasteiger partial charge in [-0.1, -0.05) is 0 Å². The Labute approximate surface area is 179 Å².